The summed E-state index contributed by atoms with van der Waals surface area (Å²) in [6.45, 7) is 0. The summed E-state index contributed by atoms with van der Waals surface area (Å²) in [5.74, 6) is 0.925. The maximum Gasteiger partial charge on any atom is 0.119 e. The Kier molecular flexibility index (Phi) is 3.88. The highest BCUT2D eigenvalue weighted by atomic mass is 79.9. The number of unbranched alkanes of at least 4 members (excludes halogenated alkanes) is 1. The second-order valence-corrected chi connectivity index (χ2v) is 4.66. The maximum absolute atomic E-state index is 5.25. The van der Waals surface area contributed by atoms with Gasteiger partial charge in [0, 0.05) is 22.4 Å². The molecular formula is C13H16BrNO. The Morgan fingerprint density at radius 2 is 2.19 bits per heavy atom. The van der Waals surface area contributed by atoms with Crippen molar-refractivity contribution in [3.05, 3.63) is 30.0 Å². The van der Waals surface area contributed by atoms with E-state index in [1.54, 1.807) is 7.11 Å². The molecule has 1 aromatic carbocycles. The van der Waals surface area contributed by atoms with Gasteiger partial charge in [-0.2, -0.15) is 0 Å². The van der Waals surface area contributed by atoms with Gasteiger partial charge in [0.15, 0.2) is 0 Å². The molecule has 16 heavy (non-hydrogen) atoms. The van der Waals surface area contributed by atoms with Crippen molar-refractivity contribution in [2.24, 2.45) is 0 Å². The van der Waals surface area contributed by atoms with E-state index in [2.05, 4.69) is 39.2 Å². The van der Waals surface area contributed by atoms with Crippen LogP contribution in [-0.4, -0.2) is 17.4 Å². The van der Waals surface area contributed by atoms with Crippen LogP contribution in [0.4, 0.5) is 0 Å². The first-order valence-electron chi connectivity index (χ1n) is 5.55. The molecule has 0 fully saturated rings. The molecule has 2 rings (SSSR count). The van der Waals surface area contributed by atoms with E-state index in [-0.39, 0.29) is 0 Å². The molecule has 0 saturated heterocycles. The molecule has 1 aromatic heterocycles. The zero-order valence-corrected chi connectivity index (χ0v) is 11.0. The number of fused-ring (bicyclic) bond motifs is 1. The van der Waals surface area contributed by atoms with Crippen LogP contribution in [0.2, 0.25) is 0 Å². The number of H-pyrrole nitrogens is 1. The third kappa shape index (κ3) is 2.40. The zero-order valence-electron chi connectivity index (χ0n) is 9.42. The van der Waals surface area contributed by atoms with Crippen LogP contribution in [0.5, 0.6) is 5.75 Å². The molecule has 0 amide bonds. The minimum atomic E-state index is 0.925. The highest BCUT2D eigenvalue weighted by Gasteiger charge is 2.04. The van der Waals surface area contributed by atoms with Crippen LogP contribution in [0, 0.1) is 0 Å². The van der Waals surface area contributed by atoms with Crippen LogP contribution in [0.1, 0.15) is 18.4 Å². The summed E-state index contributed by atoms with van der Waals surface area (Å²) in [7, 11) is 1.71. The summed E-state index contributed by atoms with van der Waals surface area (Å²) in [6, 6.07) is 6.17. The van der Waals surface area contributed by atoms with Crippen molar-refractivity contribution in [1.29, 1.82) is 0 Å². The molecule has 3 heteroatoms. The van der Waals surface area contributed by atoms with E-state index in [0.717, 1.165) is 17.5 Å². The Bertz CT molecular complexity index is 464. The topological polar surface area (TPSA) is 25.0 Å². The van der Waals surface area contributed by atoms with E-state index in [4.69, 9.17) is 4.74 Å². The van der Waals surface area contributed by atoms with Crippen molar-refractivity contribution in [3.8, 4) is 5.75 Å². The highest BCUT2D eigenvalue weighted by Crippen LogP contribution is 2.24. The normalized spacial score (nSPS) is 10.9. The Morgan fingerprint density at radius 1 is 1.31 bits per heavy atom. The van der Waals surface area contributed by atoms with E-state index in [1.807, 2.05) is 6.07 Å². The summed E-state index contributed by atoms with van der Waals surface area (Å²) in [5.41, 5.74) is 2.57. The average Bonchev–Trinajstić information content (AvgIpc) is 2.72. The molecule has 0 saturated carbocycles. The monoisotopic (exact) mass is 281 g/mol. The molecule has 86 valence electrons. The number of halogens is 1. The standard InChI is InChI=1S/C13H16BrNO/c1-16-11-5-6-13-12(8-11)10(9-15-13)4-2-3-7-14/h5-6,8-9,15H,2-4,7H2,1H3. The summed E-state index contributed by atoms with van der Waals surface area (Å²) in [4.78, 5) is 3.30. The fourth-order valence-electron chi connectivity index (χ4n) is 1.90. The van der Waals surface area contributed by atoms with Gasteiger partial charge in [-0.1, -0.05) is 15.9 Å². The minimum absolute atomic E-state index is 0.925. The van der Waals surface area contributed by atoms with Crippen molar-refractivity contribution in [3.63, 3.8) is 0 Å². The zero-order chi connectivity index (χ0) is 11.4. The molecule has 0 bridgehead atoms. The molecule has 0 radical (unpaired) electrons. The lowest BCUT2D eigenvalue weighted by molar-refractivity contribution is 0.415. The summed E-state index contributed by atoms with van der Waals surface area (Å²) in [5, 5.41) is 2.37. The molecule has 2 nitrogen and oxygen atoms in total. The van der Waals surface area contributed by atoms with E-state index >= 15 is 0 Å². The van der Waals surface area contributed by atoms with Gasteiger partial charge in [-0.05, 0) is 43.0 Å². The van der Waals surface area contributed by atoms with Crippen molar-refractivity contribution in [1.82, 2.24) is 4.98 Å². The lowest BCUT2D eigenvalue weighted by atomic mass is 10.1. The number of rotatable bonds is 5. The number of nitrogens with one attached hydrogen (secondary N) is 1. The first-order chi connectivity index (χ1) is 7.85. The van der Waals surface area contributed by atoms with Gasteiger partial charge >= 0.3 is 0 Å². The molecule has 0 unspecified atom stereocenters. The molecule has 0 aliphatic carbocycles. The molecule has 0 aliphatic rings. The summed E-state index contributed by atoms with van der Waals surface area (Å²) >= 11 is 3.46. The molecule has 1 heterocycles. The Morgan fingerprint density at radius 3 is 2.94 bits per heavy atom. The van der Waals surface area contributed by atoms with E-state index in [9.17, 15) is 0 Å². The molecule has 0 spiro atoms. The summed E-state index contributed by atoms with van der Waals surface area (Å²) < 4.78 is 5.25. The van der Waals surface area contributed by atoms with Gasteiger partial charge in [-0.3, -0.25) is 0 Å². The van der Waals surface area contributed by atoms with E-state index in [0.29, 0.717) is 0 Å². The van der Waals surface area contributed by atoms with Gasteiger partial charge in [0.1, 0.15) is 5.75 Å². The van der Waals surface area contributed by atoms with Gasteiger partial charge in [0.2, 0.25) is 0 Å². The van der Waals surface area contributed by atoms with Crippen molar-refractivity contribution >= 4 is 26.8 Å². The van der Waals surface area contributed by atoms with Crippen molar-refractivity contribution in [2.75, 3.05) is 12.4 Å². The number of aryl methyl sites for hydroxylation is 1. The first-order valence-corrected chi connectivity index (χ1v) is 6.67. The van der Waals surface area contributed by atoms with E-state index in [1.165, 1.54) is 29.3 Å². The molecule has 0 atom stereocenters. The number of hydrogen-bond donors (Lipinski definition) is 1. The van der Waals surface area contributed by atoms with Gasteiger partial charge in [0.05, 0.1) is 7.11 Å². The SMILES string of the molecule is COc1ccc2[nH]cc(CCCCBr)c2c1. The second-order valence-electron chi connectivity index (χ2n) is 3.87. The van der Waals surface area contributed by atoms with Crippen LogP contribution in [-0.2, 0) is 6.42 Å². The quantitative estimate of drug-likeness (QED) is 0.653. The third-order valence-corrected chi connectivity index (χ3v) is 3.37. The Balaban J connectivity index is 2.24. The van der Waals surface area contributed by atoms with Crippen molar-refractivity contribution < 1.29 is 4.74 Å². The highest BCUT2D eigenvalue weighted by molar-refractivity contribution is 9.09. The van der Waals surface area contributed by atoms with E-state index < -0.39 is 0 Å². The van der Waals surface area contributed by atoms with Gasteiger partial charge in [-0.15, -0.1) is 0 Å². The lowest BCUT2D eigenvalue weighted by Gasteiger charge is -2.01. The minimum Gasteiger partial charge on any atom is -0.497 e. The Labute approximate surface area is 104 Å². The molecule has 0 aliphatic heterocycles. The molecular weight excluding hydrogens is 266 g/mol. The second kappa shape index (κ2) is 5.39. The van der Waals surface area contributed by atoms with Crippen LogP contribution in [0.15, 0.2) is 24.4 Å². The number of aromatic amines is 1. The largest absolute Gasteiger partial charge is 0.497 e. The van der Waals surface area contributed by atoms with Crippen LogP contribution < -0.4 is 4.74 Å². The average molecular weight is 282 g/mol. The van der Waals surface area contributed by atoms with Crippen molar-refractivity contribution in [2.45, 2.75) is 19.3 Å². The van der Waals surface area contributed by atoms with Crippen LogP contribution in [0.3, 0.4) is 0 Å². The third-order valence-electron chi connectivity index (χ3n) is 2.80. The maximum atomic E-state index is 5.25. The number of methoxy groups -OCH3 is 1. The fourth-order valence-corrected chi connectivity index (χ4v) is 2.30. The summed E-state index contributed by atoms with van der Waals surface area (Å²) in [6.07, 6.45) is 5.67. The van der Waals surface area contributed by atoms with Gasteiger partial charge in [0.25, 0.3) is 0 Å². The Hall–Kier alpha value is -0.960. The number of alkyl halides is 1. The lowest BCUT2D eigenvalue weighted by Crippen LogP contribution is -1.86. The van der Waals surface area contributed by atoms with Crippen LogP contribution >= 0.6 is 15.9 Å². The number of hydrogen-bond acceptors (Lipinski definition) is 1. The molecule has 2 aromatic rings. The first kappa shape index (κ1) is 11.5. The van der Waals surface area contributed by atoms with Gasteiger partial charge < -0.3 is 9.72 Å². The smallest absolute Gasteiger partial charge is 0.119 e. The van der Waals surface area contributed by atoms with Gasteiger partial charge in [-0.25, -0.2) is 0 Å². The molecule has 1 N–H and O–H groups in total. The predicted molar refractivity (Wildman–Crippen MR) is 71.6 cm³/mol. The number of aromatic nitrogens is 1. The fraction of sp³-hybridized carbons (Fsp3) is 0.385. The van der Waals surface area contributed by atoms with Crippen LogP contribution in [0.25, 0.3) is 10.9 Å². The number of benzene rings is 1. The number of ether oxygens (including phenoxy) is 1. The predicted octanol–water partition coefficient (Wildman–Crippen LogP) is 3.89.